The third-order valence-corrected chi connectivity index (χ3v) is 3.86. The highest BCUT2D eigenvalue weighted by atomic mass is 15.1. The van der Waals surface area contributed by atoms with E-state index in [9.17, 15) is 0 Å². The first-order chi connectivity index (χ1) is 10.1. The van der Waals surface area contributed by atoms with Gasteiger partial charge in [-0.05, 0) is 54.8 Å². The normalized spacial score (nSPS) is 10.8. The van der Waals surface area contributed by atoms with Crippen LogP contribution in [0.3, 0.4) is 0 Å². The number of nitrogens with zero attached hydrogens (tertiary/aromatic N) is 2. The molecule has 2 N–H and O–H groups in total. The van der Waals surface area contributed by atoms with Gasteiger partial charge in [0.25, 0.3) is 0 Å². The van der Waals surface area contributed by atoms with Gasteiger partial charge in [0.2, 0.25) is 0 Å². The van der Waals surface area contributed by atoms with Crippen molar-refractivity contribution in [3.63, 3.8) is 0 Å². The van der Waals surface area contributed by atoms with Crippen molar-refractivity contribution in [1.29, 1.82) is 0 Å². The molecule has 0 unspecified atom stereocenters. The average Bonchev–Trinajstić information content (AvgIpc) is 2.92. The summed E-state index contributed by atoms with van der Waals surface area (Å²) in [6.45, 7) is 5.14. The van der Waals surface area contributed by atoms with E-state index in [0.717, 1.165) is 23.6 Å². The van der Waals surface area contributed by atoms with Crippen LogP contribution in [-0.2, 0) is 6.54 Å². The van der Waals surface area contributed by atoms with Crippen LogP contribution < -0.4 is 5.73 Å². The number of hydrogen-bond acceptors (Lipinski definition) is 2. The minimum Gasteiger partial charge on any atom is -0.399 e. The van der Waals surface area contributed by atoms with E-state index in [4.69, 9.17) is 5.73 Å². The van der Waals surface area contributed by atoms with Gasteiger partial charge in [-0.15, -0.1) is 0 Å². The molecule has 0 aliphatic carbocycles. The van der Waals surface area contributed by atoms with Gasteiger partial charge in [0.05, 0.1) is 0 Å². The van der Waals surface area contributed by atoms with Crippen molar-refractivity contribution in [2.24, 2.45) is 0 Å². The van der Waals surface area contributed by atoms with E-state index in [1.165, 1.54) is 16.7 Å². The number of nitrogens with two attached hydrogens (primary N) is 1. The number of imidazole rings is 1. The molecule has 0 bridgehead atoms. The molecule has 0 saturated carbocycles. The fraction of sp³-hybridized carbons (Fsp3) is 0.167. The van der Waals surface area contributed by atoms with Crippen LogP contribution in [0.15, 0.2) is 54.9 Å². The Morgan fingerprint density at radius 1 is 1.00 bits per heavy atom. The topological polar surface area (TPSA) is 43.8 Å². The molecule has 0 saturated heterocycles. The Kier molecular flexibility index (Phi) is 3.48. The molecule has 0 radical (unpaired) electrons. The molecular formula is C18H19N3. The molecule has 1 heterocycles. The Balaban J connectivity index is 1.98. The fourth-order valence-corrected chi connectivity index (χ4v) is 2.60. The van der Waals surface area contributed by atoms with E-state index in [2.05, 4.69) is 41.6 Å². The summed E-state index contributed by atoms with van der Waals surface area (Å²) in [5.41, 5.74) is 11.6. The van der Waals surface area contributed by atoms with Gasteiger partial charge in [-0.3, -0.25) is 0 Å². The quantitative estimate of drug-likeness (QED) is 0.740. The van der Waals surface area contributed by atoms with Crippen LogP contribution in [0, 0.1) is 13.8 Å². The van der Waals surface area contributed by atoms with Crippen molar-refractivity contribution in [3.05, 3.63) is 71.5 Å². The number of aryl methyl sites for hydroxylation is 2. The Bertz CT molecular complexity index is 734. The predicted molar refractivity (Wildman–Crippen MR) is 87.1 cm³/mol. The summed E-state index contributed by atoms with van der Waals surface area (Å²) < 4.78 is 2.18. The summed E-state index contributed by atoms with van der Waals surface area (Å²) in [5, 5.41) is 0. The lowest BCUT2D eigenvalue weighted by molar-refractivity contribution is 0.796. The molecule has 0 amide bonds. The van der Waals surface area contributed by atoms with E-state index in [0.29, 0.717) is 0 Å². The minimum atomic E-state index is 0.770. The predicted octanol–water partition coefficient (Wildman–Crippen LogP) is 3.80. The summed E-state index contributed by atoms with van der Waals surface area (Å²) >= 11 is 0. The Hall–Kier alpha value is -2.55. The summed E-state index contributed by atoms with van der Waals surface area (Å²) in [4.78, 5) is 4.49. The van der Waals surface area contributed by atoms with Gasteiger partial charge in [-0.2, -0.15) is 0 Å². The first kappa shape index (κ1) is 13.4. The monoisotopic (exact) mass is 277 g/mol. The Morgan fingerprint density at radius 3 is 2.33 bits per heavy atom. The third kappa shape index (κ3) is 2.68. The molecule has 3 heteroatoms. The van der Waals surface area contributed by atoms with Gasteiger partial charge in [0.15, 0.2) is 0 Å². The molecule has 0 atom stereocenters. The van der Waals surface area contributed by atoms with Gasteiger partial charge < -0.3 is 10.3 Å². The molecule has 106 valence electrons. The SMILES string of the molecule is Cc1cccc(C)c1Cn1ccnc1-c1ccc(N)cc1. The van der Waals surface area contributed by atoms with Crippen molar-refractivity contribution < 1.29 is 0 Å². The van der Waals surface area contributed by atoms with Crippen LogP contribution in [0.2, 0.25) is 0 Å². The summed E-state index contributed by atoms with van der Waals surface area (Å²) in [6.07, 6.45) is 3.87. The van der Waals surface area contributed by atoms with Crippen LogP contribution >= 0.6 is 0 Å². The largest absolute Gasteiger partial charge is 0.399 e. The van der Waals surface area contributed by atoms with E-state index < -0.39 is 0 Å². The molecule has 0 spiro atoms. The summed E-state index contributed by atoms with van der Waals surface area (Å²) in [6, 6.07) is 14.3. The average molecular weight is 277 g/mol. The van der Waals surface area contributed by atoms with Crippen molar-refractivity contribution in [1.82, 2.24) is 9.55 Å². The number of benzene rings is 2. The van der Waals surface area contributed by atoms with E-state index in [1.807, 2.05) is 36.7 Å². The molecule has 0 fully saturated rings. The smallest absolute Gasteiger partial charge is 0.140 e. The van der Waals surface area contributed by atoms with E-state index >= 15 is 0 Å². The van der Waals surface area contributed by atoms with Gasteiger partial charge in [-0.1, -0.05) is 18.2 Å². The van der Waals surface area contributed by atoms with Crippen LogP contribution in [-0.4, -0.2) is 9.55 Å². The maximum Gasteiger partial charge on any atom is 0.140 e. The van der Waals surface area contributed by atoms with Gasteiger partial charge in [-0.25, -0.2) is 4.98 Å². The Labute approximate surface area is 125 Å². The first-order valence-corrected chi connectivity index (χ1v) is 7.07. The second kappa shape index (κ2) is 5.44. The fourth-order valence-electron chi connectivity index (χ4n) is 2.60. The highest BCUT2D eigenvalue weighted by Gasteiger charge is 2.09. The van der Waals surface area contributed by atoms with Crippen molar-refractivity contribution in [3.8, 4) is 11.4 Å². The highest BCUT2D eigenvalue weighted by Crippen LogP contribution is 2.22. The molecule has 21 heavy (non-hydrogen) atoms. The zero-order chi connectivity index (χ0) is 14.8. The van der Waals surface area contributed by atoms with Crippen molar-refractivity contribution >= 4 is 5.69 Å². The molecule has 1 aromatic heterocycles. The van der Waals surface area contributed by atoms with E-state index in [1.54, 1.807) is 0 Å². The molecule has 3 rings (SSSR count). The molecule has 2 aromatic carbocycles. The van der Waals surface area contributed by atoms with Crippen molar-refractivity contribution in [2.45, 2.75) is 20.4 Å². The molecule has 0 aliphatic rings. The standard InChI is InChI=1S/C18H19N3/c1-13-4-3-5-14(2)17(13)12-21-11-10-20-18(21)15-6-8-16(19)9-7-15/h3-11H,12,19H2,1-2H3. The molecule has 0 aliphatic heterocycles. The molecular weight excluding hydrogens is 258 g/mol. The number of hydrogen-bond donors (Lipinski definition) is 1. The minimum absolute atomic E-state index is 0.770. The molecule has 3 nitrogen and oxygen atoms in total. The number of nitrogen functional groups attached to an aromatic ring is 1. The number of aromatic nitrogens is 2. The van der Waals surface area contributed by atoms with Crippen LogP contribution in [0.5, 0.6) is 0 Å². The first-order valence-electron chi connectivity index (χ1n) is 7.07. The second-order valence-electron chi connectivity index (χ2n) is 5.37. The highest BCUT2D eigenvalue weighted by molar-refractivity contribution is 5.59. The molecule has 3 aromatic rings. The van der Waals surface area contributed by atoms with Gasteiger partial charge in [0.1, 0.15) is 5.82 Å². The zero-order valence-corrected chi connectivity index (χ0v) is 12.4. The number of anilines is 1. The van der Waals surface area contributed by atoms with Crippen LogP contribution in [0.25, 0.3) is 11.4 Å². The summed E-state index contributed by atoms with van der Waals surface area (Å²) in [5.74, 6) is 0.970. The lowest BCUT2D eigenvalue weighted by Crippen LogP contribution is -2.04. The van der Waals surface area contributed by atoms with Gasteiger partial charge in [0, 0.05) is 30.2 Å². The summed E-state index contributed by atoms with van der Waals surface area (Å²) in [7, 11) is 0. The van der Waals surface area contributed by atoms with Crippen LogP contribution in [0.1, 0.15) is 16.7 Å². The van der Waals surface area contributed by atoms with Crippen LogP contribution in [0.4, 0.5) is 5.69 Å². The van der Waals surface area contributed by atoms with Crippen molar-refractivity contribution in [2.75, 3.05) is 5.73 Å². The second-order valence-corrected chi connectivity index (χ2v) is 5.37. The van der Waals surface area contributed by atoms with E-state index in [-0.39, 0.29) is 0 Å². The third-order valence-electron chi connectivity index (χ3n) is 3.86. The maximum absolute atomic E-state index is 5.75. The van der Waals surface area contributed by atoms with Gasteiger partial charge >= 0.3 is 0 Å². The lowest BCUT2D eigenvalue weighted by atomic mass is 10.0. The maximum atomic E-state index is 5.75. The zero-order valence-electron chi connectivity index (χ0n) is 12.4. The Morgan fingerprint density at radius 2 is 1.67 bits per heavy atom. The lowest BCUT2D eigenvalue weighted by Gasteiger charge is -2.13. The number of rotatable bonds is 3.